The van der Waals surface area contributed by atoms with Crippen molar-refractivity contribution in [3.8, 4) is 11.8 Å². The van der Waals surface area contributed by atoms with Crippen LogP contribution >= 0.6 is 18.9 Å². The van der Waals surface area contributed by atoms with E-state index in [1.165, 1.54) is 14.7 Å². The van der Waals surface area contributed by atoms with Gasteiger partial charge in [0.2, 0.25) is 41.4 Å². The number of thiazole rings is 1. The van der Waals surface area contributed by atoms with Crippen molar-refractivity contribution in [2.75, 3.05) is 13.1 Å². The van der Waals surface area contributed by atoms with Gasteiger partial charge >= 0.3 is 13.3 Å². The lowest BCUT2D eigenvalue weighted by molar-refractivity contribution is -0.145. The third kappa shape index (κ3) is 13.5. The Balaban J connectivity index is 0.888. The summed E-state index contributed by atoms with van der Waals surface area (Å²) in [6.45, 7) is -0.0472. The summed E-state index contributed by atoms with van der Waals surface area (Å²) in [4.78, 5) is 149. The fourth-order valence-corrected chi connectivity index (χ4v) is 12.3. The Hall–Kier alpha value is -8.23. The van der Waals surface area contributed by atoms with Gasteiger partial charge in [0.25, 0.3) is 11.8 Å². The second-order valence-corrected chi connectivity index (χ2v) is 23.5. The van der Waals surface area contributed by atoms with E-state index < -0.39 is 90.5 Å². The number of carbonyl (C=O) groups excluding carboxylic acids is 9. The van der Waals surface area contributed by atoms with Crippen LogP contribution in [-0.4, -0.2) is 126 Å². The van der Waals surface area contributed by atoms with Gasteiger partial charge in [0.1, 0.15) is 24.2 Å². The number of nitrogens with two attached hydrogens (primary N) is 1. The Morgan fingerprint density at radius 1 is 0.867 bits per heavy atom. The van der Waals surface area contributed by atoms with E-state index in [-0.39, 0.29) is 97.5 Å². The van der Waals surface area contributed by atoms with Gasteiger partial charge in [0, 0.05) is 68.0 Å². The molecule has 9 amide bonds. The van der Waals surface area contributed by atoms with E-state index in [4.69, 9.17) is 5.73 Å². The van der Waals surface area contributed by atoms with Crippen LogP contribution in [0.5, 0.6) is 0 Å². The monoisotopic (exact) mass is 1180 g/mol. The molecule has 2 unspecified atom stereocenters. The first-order valence-corrected chi connectivity index (χ1v) is 29.6. The number of hydrogen-bond acceptors (Lipinski definition) is 12. The Kier molecular flexibility index (Phi) is 18.2. The first-order valence-electron chi connectivity index (χ1n) is 27.2. The number of piperidine rings is 1. The van der Waals surface area contributed by atoms with Crippen LogP contribution in [0.3, 0.4) is 0 Å². The van der Waals surface area contributed by atoms with Gasteiger partial charge < -0.3 is 46.2 Å². The zero-order chi connectivity index (χ0) is 59.2. The van der Waals surface area contributed by atoms with E-state index in [2.05, 4.69) is 38.1 Å². The molecule has 0 spiro atoms. The molecular weight excluding hydrogens is 1120 g/mol. The number of unbranched alkanes of at least 4 members (excludes halogenated alkanes) is 3. The number of nitrogens with one attached hydrogen (secondary N) is 4. The van der Waals surface area contributed by atoms with Crippen LogP contribution in [0.25, 0.3) is 10.2 Å². The van der Waals surface area contributed by atoms with Crippen LogP contribution in [0.2, 0.25) is 0 Å². The minimum absolute atomic E-state index is 0.0653. The number of benzene rings is 4. The largest absolute Gasteiger partial charge is 0.399 e. The lowest BCUT2D eigenvalue weighted by Crippen LogP contribution is -2.62. The molecule has 1 aromatic heterocycles. The number of alkyl halides is 2. The van der Waals surface area contributed by atoms with Crippen LogP contribution in [0.1, 0.15) is 131 Å². The molecule has 5 atom stereocenters. The molecule has 3 fully saturated rings. The Morgan fingerprint density at radius 2 is 1.59 bits per heavy atom. The Morgan fingerprint density at radius 3 is 2.28 bits per heavy atom. The summed E-state index contributed by atoms with van der Waals surface area (Å²) in [5.74, 6) is 1.06. The highest BCUT2D eigenvalue weighted by Crippen LogP contribution is 2.59. The molecule has 3 saturated heterocycles. The predicted molar refractivity (Wildman–Crippen MR) is 297 cm³/mol. The van der Waals surface area contributed by atoms with Crippen molar-refractivity contribution in [1.82, 2.24) is 41.0 Å². The van der Waals surface area contributed by atoms with E-state index in [1.807, 2.05) is 60.7 Å². The number of halogens is 2. The van der Waals surface area contributed by atoms with E-state index >= 15 is 4.79 Å². The number of rotatable bonds is 19. The summed E-state index contributed by atoms with van der Waals surface area (Å²) in [7, 11) is -5.95. The molecule has 4 aliphatic rings. The maximum absolute atomic E-state index is 15.0. The fourth-order valence-electron chi connectivity index (χ4n) is 11.0. The van der Waals surface area contributed by atoms with Crippen molar-refractivity contribution < 1.29 is 66.3 Å². The van der Waals surface area contributed by atoms with Gasteiger partial charge in [-0.25, -0.2) is 4.98 Å². The molecule has 21 nitrogen and oxygen atoms in total. The Bertz CT molecular complexity index is 3440. The number of imide groups is 1. The van der Waals surface area contributed by atoms with Gasteiger partial charge in [-0.3, -0.25) is 53.0 Å². The van der Waals surface area contributed by atoms with E-state index in [1.54, 1.807) is 18.2 Å². The van der Waals surface area contributed by atoms with Crippen LogP contribution < -0.4 is 27.0 Å². The molecule has 9 rings (SSSR count). The highest BCUT2D eigenvalue weighted by molar-refractivity contribution is 7.52. The van der Waals surface area contributed by atoms with Gasteiger partial charge in [0.05, 0.1) is 16.3 Å². The maximum Gasteiger partial charge on any atom is 0.399 e. The highest BCUT2D eigenvalue weighted by atomic mass is 32.1. The Labute approximate surface area is 479 Å². The highest BCUT2D eigenvalue weighted by Gasteiger charge is 2.51. The number of primary amides is 1. The molecule has 8 N–H and O–H groups in total. The molecule has 0 radical (unpaired) electrons. The third-order valence-electron chi connectivity index (χ3n) is 15.3. The molecule has 25 heteroatoms. The second-order valence-electron chi connectivity index (χ2n) is 20.9. The molecule has 4 aromatic carbocycles. The molecule has 434 valence electrons. The lowest BCUT2D eigenvalue weighted by atomic mass is 9.98. The van der Waals surface area contributed by atoms with Crippen LogP contribution in [0.4, 0.5) is 8.78 Å². The minimum atomic E-state index is -5.95. The van der Waals surface area contributed by atoms with Gasteiger partial charge in [-0.2, -0.15) is 8.78 Å². The van der Waals surface area contributed by atoms with Crippen molar-refractivity contribution in [3.63, 3.8) is 0 Å². The maximum atomic E-state index is 15.0. The van der Waals surface area contributed by atoms with Gasteiger partial charge in [-0.05, 0) is 85.9 Å². The number of nitrogens with zero attached hydrogens (tertiary/aromatic N) is 4. The fraction of sp³-hybridized carbons (Fsp3) is 0.379. The molecule has 83 heavy (non-hydrogen) atoms. The van der Waals surface area contributed by atoms with Crippen molar-refractivity contribution in [2.24, 2.45) is 5.73 Å². The second kappa shape index (κ2) is 25.5. The van der Waals surface area contributed by atoms with Crippen LogP contribution in [-0.2, 0) is 50.3 Å². The summed E-state index contributed by atoms with van der Waals surface area (Å²) in [6.07, 6.45) is 2.76. The first kappa shape index (κ1) is 59.4. The van der Waals surface area contributed by atoms with Crippen LogP contribution in [0, 0.1) is 11.8 Å². The average Bonchev–Trinajstić information content (AvgIpc) is 4.43. The predicted octanol–water partition coefficient (Wildman–Crippen LogP) is 4.63. The summed E-state index contributed by atoms with van der Waals surface area (Å²) in [5.41, 5.74) is 3.03. The molecule has 5 aromatic rings. The van der Waals surface area contributed by atoms with E-state index in [0.717, 1.165) is 40.7 Å². The molecular formula is C58H60F2N9O12PS. The molecule has 0 saturated carbocycles. The molecule has 0 bridgehead atoms. The zero-order valence-corrected chi connectivity index (χ0v) is 46.5. The lowest BCUT2D eigenvalue weighted by Gasteiger charge is -2.39. The van der Waals surface area contributed by atoms with Crippen molar-refractivity contribution in [2.45, 2.75) is 126 Å². The smallest absolute Gasteiger partial charge is 0.370 e. The third-order valence-corrected chi connectivity index (χ3v) is 17.3. The van der Waals surface area contributed by atoms with E-state index in [0.29, 0.717) is 48.8 Å². The van der Waals surface area contributed by atoms with Crippen molar-refractivity contribution >= 4 is 82.3 Å². The van der Waals surface area contributed by atoms with Gasteiger partial charge in [-0.1, -0.05) is 91.1 Å². The normalized spacial score (nSPS) is 19.5. The quantitative estimate of drug-likeness (QED) is 0.0257. The zero-order valence-electron chi connectivity index (χ0n) is 44.8. The van der Waals surface area contributed by atoms with E-state index in [9.17, 15) is 61.5 Å². The number of amides is 9. The van der Waals surface area contributed by atoms with Crippen molar-refractivity contribution in [1.29, 1.82) is 0 Å². The molecule has 4 aliphatic heterocycles. The number of hydrogen-bond donors (Lipinski definition) is 7. The minimum Gasteiger partial charge on any atom is -0.370 e. The number of fused-ring (bicyclic) bond motifs is 3. The topological polar surface area (TPSA) is 308 Å². The van der Waals surface area contributed by atoms with Gasteiger partial charge in [-0.15, -0.1) is 11.3 Å². The van der Waals surface area contributed by atoms with Gasteiger partial charge in [0.15, 0.2) is 5.01 Å². The average molecular weight is 1180 g/mol. The molecule has 0 aliphatic carbocycles. The summed E-state index contributed by atoms with van der Waals surface area (Å²) in [5, 5.41) is 10.5. The van der Waals surface area contributed by atoms with Crippen LogP contribution in [0.15, 0.2) is 97.1 Å². The number of aromatic nitrogens is 1. The summed E-state index contributed by atoms with van der Waals surface area (Å²) < 4.78 is 41.3. The molecule has 5 heterocycles. The number of carbonyl (C=O) groups is 9. The standard InChI is InChI=1S/C58H60F2N9O12PS/c59-58(60,82(79,80)81)37-21-26-46-42(31-37)64-55(83-46)54(76)63-43-33-67(49(72)20-11-3-1-2-6-13-34-18-12-19-39-40(34)32-68(56(39)77)44-25-28-48(71)65-52(44)74)30-29-38-22-24-45(69(38)57(43)78)53(75)62-41(23-27-47(61)70)51(73)66-50(35-14-7-4-8-15-35)36-16-9-5-10-17-36/h4-5,7-10,12,14-19,21,26,31,38,41,43-45,50H,1-3,11,20,22-25,27-30,32-33H2,(H2,61,70)(H,62,75)(H,63,76)(H,66,73)(H,65,71,74)(H2,79,80,81)/t38-,41?,43+,44?,45+/m1/s1. The summed E-state index contributed by atoms with van der Waals surface area (Å²) >= 11 is 0.759. The summed E-state index contributed by atoms with van der Waals surface area (Å²) in [6, 6.07) is 20.2. The van der Waals surface area contributed by atoms with Crippen molar-refractivity contribution in [3.05, 3.63) is 135 Å². The first-order chi connectivity index (χ1) is 39.7. The SMILES string of the molecule is NC(=O)CCC(NC(=O)[C@@H]1CC[C@@H]2CCN(C(=O)CCCCCC#Cc3cccc4c3CN(C3CCC(=O)NC3=O)C4=O)C[C@H](NC(=O)c3nc4cc(C(F)(F)P(=O)(O)O)ccc4s3)C(=O)N21)C(=O)NC(c1ccccc1)c1ccccc1.